The average Bonchev–Trinajstić information content (AvgIpc) is 2.26. The molecule has 0 amide bonds. The van der Waals surface area contributed by atoms with Gasteiger partial charge in [0.1, 0.15) is 0 Å². The van der Waals surface area contributed by atoms with Gasteiger partial charge in [-0.25, -0.2) is 4.79 Å². The third-order valence-electron chi connectivity index (χ3n) is 2.74. The number of rotatable bonds is 2. The highest BCUT2D eigenvalue weighted by atomic mass is 19.4. The Labute approximate surface area is 107 Å². The van der Waals surface area contributed by atoms with Crippen LogP contribution in [0.25, 0.3) is 10.9 Å². The molecular formula is C13H13F3N2O. The normalized spacial score (nSPS) is 12.3. The summed E-state index contributed by atoms with van der Waals surface area (Å²) in [6, 6.07) is 3.21. The van der Waals surface area contributed by atoms with Gasteiger partial charge in [-0.05, 0) is 30.5 Å². The van der Waals surface area contributed by atoms with E-state index in [4.69, 9.17) is 0 Å². The lowest BCUT2D eigenvalue weighted by molar-refractivity contribution is -0.137. The summed E-state index contributed by atoms with van der Waals surface area (Å²) in [5, 5.41) is 0.350. The van der Waals surface area contributed by atoms with Crippen molar-refractivity contribution in [3.05, 3.63) is 39.9 Å². The molecule has 0 unspecified atom stereocenters. The van der Waals surface area contributed by atoms with Gasteiger partial charge < -0.3 is 4.98 Å². The number of alkyl halides is 3. The Kier molecular flexibility index (Phi) is 3.34. The van der Waals surface area contributed by atoms with Gasteiger partial charge in [-0.2, -0.15) is 18.2 Å². The molecule has 0 aliphatic carbocycles. The molecule has 19 heavy (non-hydrogen) atoms. The highest BCUT2D eigenvalue weighted by molar-refractivity contribution is 5.81. The molecule has 0 atom stereocenters. The molecule has 0 aliphatic heterocycles. The van der Waals surface area contributed by atoms with Gasteiger partial charge in [0.05, 0.1) is 11.1 Å². The predicted molar refractivity (Wildman–Crippen MR) is 65.9 cm³/mol. The fourth-order valence-corrected chi connectivity index (χ4v) is 1.95. The van der Waals surface area contributed by atoms with Crippen LogP contribution in [0.2, 0.25) is 0 Å². The standard InChI is InChI=1S/C13H13F3N2O/c1-7(2)5-11-9-6-8(13(14,15)16)3-4-10(9)17-12(19)18-11/h3-4,6-7H,5H2,1-2H3,(H,17,18,19). The quantitative estimate of drug-likeness (QED) is 0.911. The van der Waals surface area contributed by atoms with E-state index in [9.17, 15) is 18.0 Å². The third kappa shape index (κ3) is 2.94. The van der Waals surface area contributed by atoms with Crippen molar-refractivity contribution in [3.8, 4) is 0 Å². The predicted octanol–water partition coefficient (Wildman–Crippen LogP) is 3.14. The fourth-order valence-electron chi connectivity index (χ4n) is 1.95. The molecule has 0 bridgehead atoms. The van der Waals surface area contributed by atoms with Gasteiger partial charge in [0, 0.05) is 11.1 Å². The molecular weight excluding hydrogens is 257 g/mol. The summed E-state index contributed by atoms with van der Waals surface area (Å²) in [7, 11) is 0. The van der Waals surface area contributed by atoms with Crippen LogP contribution in [-0.2, 0) is 12.6 Å². The van der Waals surface area contributed by atoms with Gasteiger partial charge in [0.15, 0.2) is 0 Å². The van der Waals surface area contributed by atoms with E-state index in [1.165, 1.54) is 6.07 Å². The van der Waals surface area contributed by atoms with Gasteiger partial charge in [0.25, 0.3) is 0 Å². The minimum atomic E-state index is -4.40. The minimum absolute atomic E-state index is 0.218. The van der Waals surface area contributed by atoms with Crippen LogP contribution in [0.1, 0.15) is 25.1 Å². The second-order valence-electron chi connectivity index (χ2n) is 4.85. The summed E-state index contributed by atoms with van der Waals surface area (Å²) in [5.74, 6) is 0.218. The number of benzene rings is 1. The maximum atomic E-state index is 12.7. The summed E-state index contributed by atoms with van der Waals surface area (Å²) < 4.78 is 38.1. The maximum absolute atomic E-state index is 12.7. The second-order valence-corrected chi connectivity index (χ2v) is 4.85. The van der Waals surface area contributed by atoms with Gasteiger partial charge in [-0.1, -0.05) is 13.8 Å². The van der Waals surface area contributed by atoms with Crippen molar-refractivity contribution in [2.75, 3.05) is 0 Å². The van der Waals surface area contributed by atoms with Crippen molar-refractivity contribution < 1.29 is 13.2 Å². The van der Waals surface area contributed by atoms with Crippen molar-refractivity contribution in [2.24, 2.45) is 5.92 Å². The minimum Gasteiger partial charge on any atom is -0.309 e. The third-order valence-corrected chi connectivity index (χ3v) is 2.74. The van der Waals surface area contributed by atoms with Crippen LogP contribution in [0.3, 0.4) is 0 Å². The topological polar surface area (TPSA) is 45.8 Å². The first kappa shape index (κ1) is 13.6. The van der Waals surface area contributed by atoms with E-state index >= 15 is 0 Å². The Hall–Kier alpha value is -1.85. The Bertz CT molecular complexity index is 659. The van der Waals surface area contributed by atoms with Crippen LogP contribution >= 0.6 is 0 Å². The number of aromatic nitrogens is 2. The molecule has 2 aromatic rings. The van der Waals surface area contributed by atoms with E-state index in [0.29, 0.717) is 17.5 Å². The molecule has 0 spiro atoms. The number of nitrogens with zero attached hydrogens (tertiary/aromatic N) is 1. The van der Waals surface area contributed by atoms with Crippen LogP contribution in [0.4, 0.5) is 13.2 Å². The molecule has 6 heteroatoms. The molecule has 0 saturated heterocycles. The molecule has 2 rings (SSSR count). The molecule has 1 aromatic heterocycles. The Morgan fingerprint density at radius 3 is 2.58 bits per heavy atom. The van der Waals surface area contributed by atoms with E-state index in [1.54, 1.807) is 0 Å². The van der Waals surface area contributed by atoms with Crippen LogP contribution in [0.15, 0.2) is 23.0 Å². The maximum Gasteiger partial charge on any atom is 0.416 e. The number of aromatic amines is 1. The van der Waals surface area contributed by atoms with Crippen LogP contribution in [0.5, 0.6) is 0 Å². The van der Waals surface area contributed by atoms with Crippen molar-refractivity contribution in [2.45, 2.75) is 26.4 Å². The molecule has 1 N–H and O–H groups in total. The van der Waals surface area contributed by atoms with Gasteiger partial charge in [-0.15, -0.1) is 0 Å². The average molecular weight is 270 g/mol. The summed E-state index contributed by atoms with van der Waals surface area (Å²) in [6.07, 6.45) is -3.91. The molecule has 1 heterocycles. The SMILES string of the molecule is CC(C)Cc1[nH]c(=O)nc2ccc(C(F)(F)F)cc12. The lowest BCUT2D eigenvalue weighted by Gasteiger charge is -2.11. The number of fused-ring (bicyclic) bond motifs is 1. The van der Waals surface area contributed by atoms with E-state index < -0.39 is 17.4 Å². The van der Waals surface area contributed by atoms with E-state index in [1.807, 2.05) is 13.8 Å². The molecule has 1 aromatic carbocycles. The van der Waals surface area contributed by atoms with Crippen LogP contribution in [0, 0.1) is 5.92 Å². The first-order valence-corrected chi connectivity index (χ1v) is 5.87. The summed E-state index contributed by atoms with van der Waals surface area (Å²) in [5.41, 5.74) is -0.495. The Morgan fingerprint density at radius 2 is 2.00 bits per heavy atom. The molecule has 0 saturated carbocycles. The summed E-state index contributed by atoms with van der Waals surface area (Å²) in [4.78, 5) is 17.6. The van der Waals surface area contributed by atoms with Gasteiger partial charge in [0.2, 0.25) is 0 Å². The molecule has 0 radical (unpaired) electrons. The lowest BCUT2D eigenvalue weighted by atomic mass is 10.0. The first-order valence-electron chi connectivity index (χ1n) is 5.87. The molecule has 102 valence electrons. The van der Waals surface area contributed by atoms with Crippen molar-refractivity contribution in [3.63, 3.8) is 0 Å². The van der Waals surface area contributed by atoms with E-state index in [-0.39, 0.29) is 11.4 Å². The highest BCUT2D eigenvalue weighted by Crippen LogP contribution is 2.31. The zero-order valence-electron chi connectivity index (χ0n) is 10.5. The first-order chi connectivity index (χ1) is 8.77. The van der Waals surface area contributed by atoms with Crippen LogP contribution < -0.4 is 5.69 Å². The monoisotopic (exact) mass is 270 g/mol. The van der Waals surface area contributed by atoms with Crippen molar-refractivity contribution in [1.29, 1.82) is 0 Å². The van der Waals surface area contributed by atoms with Crippen LogP contribution in [-0.4, -0.2) is 9.97 Å². The number of halogens is 3. The molecule has 0 fully saturated rings. The molecule has 0 aliphatic rings. The van der Waals surface area contributed by atoms with Gasteiger partial charge in [-0.3, -0.25) is 0 Å². The number of H-pyrrole nitrogens is 1. The molecule has 3 nitrogen and oxygen atoms in total. The second kappa shape index (κ2) is 4.68. The smallest absolute Gasteiger partial charge is 0.309 e. The van der Waals surface area contributed by atoms with Crippen molar-refractivity contribution in [1.82, 2.24) is 9.97 Å². The van der Waals surface area contributed by atoms with E-state index in [0.717, 1.165) is 12.1 Å². The summed E-state index contributed by atoms with van der Waals surface area (Å²) >= 11 is 0. The van der Waals surface area contributed by atoms with Crippen molar-refractivity contribution >= 4 is 10.9 Å². The summed E-state index contributed by atoms with van der Waals surface area (Å²) in [6.45, 7) is 3.86. The largest absolute Gasteiger partial charge is 0.416 e. The zero-order chi connectivity index (χ0) is 14.2. The van der Waals surface area contributed by atoms with E-state index in [2.05, 4.69) is 9.97 Å². The lowest BCUT2D eigenvalue weighted by Crippen LogP contribution is -2.15. The highest BCUT2D eigenvalue weighted by Gasteiger charge is 2.30. The zero-order valence-corrected chi connectivity index (χ0v) is 10.5. The number of nitrogens with one attached hydrogen (secondary N) is 1. The number of hydrogen-bond acceptors (Lipinski definition) is 2. The fraction of sp³-hybridized carbons (Fsp3) is 0.385. The van der Waals surface area contributed by atoms with Gasteiger partial charge >= 0.3 is 11.9 Å². The Balaban J connectivity index is 2.68. The Morgan fingerprint density at radius 1 is 1.32 bits per heavy atom. The number of hydrogen-bond donors (Lipinski definition) is 1.